The van der Waals surface area contributed by atoms with Gasteiger partial charge in [-0.05, 0) is 51.4 Å². The normalized spacial score (nSPS) is 17.1. The summed E-state index contributed by atoms with van der Waals surface area (Å²) in [5.74, 6) is 0.983. The van der Waals surface area contributed by atoms with Gasteiger partial charge in [-0.1, -0.05) is 6.07 Å². The van der Waals surface area contributed by atoms with Gasteiger partial charge >= 0.3 is 0 Å². The van der Waals surface area contributed by atoms with Crippen molar-refractivity contribution < 1.29 is 0 Å². The van der Waals surface area contributed by atoms with E-state index in [1.165, 1.54) is 23.9 Å². The van der Waals surface area contributed by atoms with Gasteiger partial charge in [0.25, 0.3) is 0 Å². The molecule has 0 spiro atoms. The van der Waals surface area contributed by atoms with Crippen LogP contribution in [0.15, 0.2) is 18.2 Å². The van der Waals surface area contributed by atoms with Gasteiger partial charge in [-0.3, -0.25) is 0 Å². The third-order valence-corrected chi connectivity index (χ3v) is 4.33. The van der Waals surface area contributed by atoms with Gasteiger partial charge in [0.1, 0.15) is 5.82 Å². The van der Waals surface area contributed by atoms with Crippen molar-refractivity contribution >= 4 is 22.6 Å². The van der Waals surface area contributed by atoms with Gasteiger partial charge in [0.2, 0.25) is 0 Å². The van der Waals surface area contributed by atoms with Crippen LogP contribution in [0.25, 0.3) is 11.0 Å². The zero-order valence-electron chi connectivity index (χ0n) is 12.4. The highest BCUT2D eigenvalue weighted by Gasteiger charge is 2.26. The van der Waals surface area contributed by atoms with E-state index in [1.54, 1.807) is 0 Å². The SMILES string of the molecule is Cc1ccc2nc(C(C)Cl)n(CCN(C)C3CC3)c2c1. The summed E-state index contributed by atoms with van der Waals surface area (Å²) >= 11 is 6.31. The molecule has 1 atom stereocenters. The van der Waals surface area contributed by atoms with Crippen molar-refractivity contribution in [2.45, 2.75) is 44.7 Å². The van der Waals surface area contributed by atoms with Crippen LogP contribution in [0.4, 0.5) is 0 Å². The lowest BCUT2D eigenvalue weighted by Crippen LogP contribution is -2.25. The molecule has 3 nitrogen and oxygen atoms in total. The zero-order chi connectivity index (χ0) is 14.3. The van der Waals surface area contributed by atoms with Crippen LogP contribution >= 0.6 is 11.6 Å². The molecule has 1 saturated carbocycles. The average molecular weight is 292 g/mol. The third-order valence-electron chi connectivity index (χ3n) is 4.14. The van der Waals surface area contributed by atoms with Crippen LogP contribution in [-0.4, -0.2) is 34.1 Å². The predicted octanol–water partition coefficient (Wildman–Crippen LogP) is 3.74. The predicted molar refractivity (Wildman–Crippen MR) is 84.4 cm³/mol. The highest BCUT2D eigenvalue weighted by molar-refractivity contribution is 6.20. The Morgan fingerprint density at radius 1 is 1.45 bits per heavy atom. The highest BCUT2D eigenvalue weighted by Crippen LogP contribution is 2.27. The molecule has 1 unspecified atom stereocenters. The molecule has 108 valence electrons. The Bertz CT molecular complexity index is 613. The molecule has 1 aliphatic rings. The molecular formula is C16H22ClN3. The fourth-order valence-electron chi connectivity index (χ4n) is 2.75. The van der Waals surface area contributed by atoms with Crippen LogP contribution in [0, 0.1) is 6.92 Å². The van der Waals surface area contributed by atoms with Crippen LogP contribution in [0.2, 0.25) is 0 Å². The van der Waals surface area contributed by atoms with E-state index in [4.69, 9.17) is 16.6 Å². The Hall–Kier alpha value is -1.06. The maximum absolute atomic E-state index is 6.31. The molecule has 0 amide bonds. The Balaban J connectivity index is 1.92. The van der Waals surface area contributed by atoms with Gasteiger partial charge in [-0.2, -0.15) is 0 Å². The molecule has 1 aromatic heterocycles. The summed E-state index contributed by atoms with van der Waals surface area (Å²) in [5.41, 5.74) is 3.52. The summed E-state index contributed by atoms with van der Waals surface area (Å²) in [6.07, 6.45) is 2.69. The van der Waals surface area contributed by atoms with E-state index in [0.29, 0.717) is 0 Å². The molecule has 3 rings (SSSR count). The van der Waals surface area contributed by atoms with Crippen LogP contribution in [0.5, 0.6) is 0 Å². The number of alkyl halides is 1. The summed E-state index contributed by atoms with van der Waals surface area (Å²) in [5, 5.41) is -0.0612. The first-order valence-corrected chi connectivity index (χ1v) is 7.81. The molecule has 1 heterocycles. The topological polar surface area (TPSA) is 21.1 Å². The number of halogens is 1. The molecule has 0 saturated heterocycles. The quantitative estimate of drug-likeness (QED) is 0.783. The maximum Gasteiger partial charge on any atom is 0.127 e. The minimum absolute atomic E-state index is 0.0612. The number of benzene rings is 1. The van der Waals surface area contributed by atoms with Crippen molar-refractivity contribution in [1.82, 2.24) is 14.5 Å². The zero-order valence-corrected chi connectivity index (χ0v) is 13.2. The number of hydrogen-bond acceptors (Lipinski definition) is 2. The smallest absolute Gasteiger partial charge is 0.127 e. The average Bonchev–Trinajstić information content (AvgIpc) is 3.18. The number of aromatic nitrogens is 2. The molecule has 1 aromatic carbocycles. The van der Waals surface area contributed by atoms with Crippen molar-refractivity contribution in [2.75, 3.05) is 13.6 Å². The minimum Gasteiger partial charge on any atom is -0.325 e. The summed E-state index contributed by atoms with van der Waals surface area (Å²) in [6, 6.07) is 7.21. The lowest BCUT2D eigenvalue weighted by atomic mass is 10.2. The van der Waals surface area contributed by atoms with Crippen molar-refractivity contribution in [1.29, 1.82) is 0 Å². The van der Waals surface area contributed by atoms with E-state index < -0.39 is 0 Å². The fraction of sp³-hybridized carbons (Fsp3) is 0.562. The van der Waals surface area contributed by atoms with E-state index in [0.717, 1.165) is 30.5 Å². The Morgan fingerprint density at radius 3 is 2.85 bits per heavy atom. The molecule has 0 bridgehead atoms. The first-order chi connectivity index (χ1) is 9.56. The number of fused-ring (bicyclic) bond motifs is 1. The van der Waals surface area contributed by atoms with E-state index in [-0.39, 0.29) is 5.38 Å². The van der Waals surface area contributed by atoms with E-state index in [2.05, 4.69) is 41.6 Å². The van der Waals surface area contributed by atoms with E-state index in [9.17, 15) is 0 Å². The van der Waals surface area contributed by atoms with Crippen molar-refractivity contribution in [3.8, 4) is 0 Å². The molecule has 0 N–H and O–H groups in total. The van der Waals surface area contributed by atoms with Gasteiger partial charge < -0.3 is 9.47 Å². The lowest BCUT2D eigenvalue weighted by molar-refractivity contribution is 0.309. The Morgan fingerprint density at radius 2 is 2.20 bits per heavy atom. The number of likely N-dealkylation sites (N-methyl/N-ethyl adjacent to an activating group) is 1. The second kappa shape index (κ2) is 5.38. The maximum atomic E-state index is 6.31. The fourth-order valence-corrected chi connectivity index (χ4v) is 2.91. The molecule has 1 aliphatic carbocycles. The van der Waals surface area contributed by atoms with E-state index in [1.807, 2.05) is 6.92 Å². The summed E-state index contributed by atoms with van der Waals surface area (Å²) in [7, 11) is 2.21. The monoisotopic (exact) mass is 291 g/mol. The summed E-state index contributed by atoms with van der Waals surface area (Å²) < 4.78 is 2.29. The molecule has 20 heavy (non-hydrogen) atoms. The minimum atomic E-state index is -0.0612. The van der Waals surface area contributed by atoms with Crippen molar-refractivity contribution in [3.05, 3.63) is 29.6 Å². The second-order valence-electron chi connectivity index (χ2n) is 5.94. The molecular weight excluding hydrogens is 270 g/mol. The van der Waals surface area contributed by atoms with Crippen LogP contribution in [0.1, 0.15) is 36.5 Å². The standard InChI is InChI=1S/C16H22ClN3/c1-11-4-7-14-15(10-11)20(16(18-14)12(2)17)9-8-19(3)13-5-6-13/h4,7,10,12-13H,5-6,8-9H2,1-3H3. The van der Waals surface area contributed by atoms with Gasteiger partial charge in [0.15, 0.2) is 0 Å². The third kappa shape index (κ3) is 2.70. The number of rotatable bonds is 5. The first kappa shape index (κ1) is 13.9. The molecule has 4 heteroatoms. The number of imidazole rings is 1. The summed E-state index contributed by atoms with van der Waals surface area (Å²) in [6.45, 7) is 6.13. The second-order valence-corrected chi connectivity index (χ2v) is 6.60. The van der Waals surface area contributed by atoms with Crippen LogP contribution in [-0.2, 0) is 6.54 Å². The van der Waals surface area contributed by atoms with Gasteiger partial charge in [-0.15, -0.1) is 11.6 Å². The number of aryl methyl sites for hydroxylation is 1. The van der Waals surface area contributed by atoms with Crippen molar-refractivity contribution in [3.63, 3.8) is 0 Å². The van der Waals surface area contributed by atoms with Gasteiger partial charge in [0.05, 0.1) is 16.4 Å². The Labute approximate surface area is 125 Å². The number of nitrogens with zero attached hydrogens (tertiary/aromatic N) is 3. The van der Waals surface area contributed by atoms with Crippen LogP contribution in [0.3, 0.4) is 0 Å². The first-order valence-electron chi connectivity index (χ1n) is 7.37. The Kier molecular flexibility index (Phi) is 3.74. The largest absolute Gasteiger partial charge is 0.325 e. The van der Waals surface area contributed by atoms with Gasteiger partial charge in [0, 0.05) is 19.1 Å². The molecule has 0 radical (unpaired) electrons. The molecule has 2 aromatic rings. The summed E-state index contributed by atoms with van der Waals surface area (Å²) in [4.78, 5) is 7.15. The molecule has 0 aliphatic heterocycles. The van der Waals surface area contributed by atoms with Crippen LogP contribution < -0.4 is 0 Å². The number of hydrogen-bond donors (Lipinski definition) is 0. The van der Waals surface area contributed by atoms with Crippen molar-refractivity contribution in [2.24, 2.45) is 0 Å². The van der Waals surface area contributed by atoms with Gasteiger partial charge in [-0.25, -0.2) is 4.98 Å². The lowest BCUT2D eigenvalue weighted by Gasteiger charge is -2.18. The molecule has 1 fully saturated rings. The van der Waals surface area contributed by atoms with E-state index >= 15 is 0 Å². The highest BCUT2D eigenvalue weighted by atomic mass is 35.5.